The minimum absolute atomic E-state index is 0. The molecule has 0 aliphatic carbocycles. The van der Waals surface area contributed by atoms with Gasteiger partial charge in [0, 0.05) is 85.3 Å². The molecule has 1 heterocycles. The molecule has 1 aliphatic heterocycles. The van der Waals surface area contributed by atoms with E-state index in [0.717, 1.165) is 26.2 Å². The van der Waals surface area contributed by atoms with Crippen molar-refractivity contribution >= 4 is 117 Å². The van der Waals surface area contributed by atoms with Gasteiger partial charge in [-0.3, -0.25) is 0 Å². The molecule has 0 spiro atoms. The number of thiol groups is 2. The fourth-order valence-corrected chi connectivity index (χ4v) is 1.85. The van der Waals surface area contributed by atoms with E-state index < -0.39 is 0 Å². The Morgan fingerprint density at radius 1 is 0.786 bits per heavy atom. The topological polar surface area (TPSA) is 6.48 Å². The van der Waals surface area contributed by atoms with Crippen LogP contribution in [0.25, 0.3) is 0 Å². The van der Waals surface area contributed by atoms with Crippen molar-refractivity contribution < 1.29 is 0 Å². The first-order valence-electron chi connectivity index (χ1n) is 3.57. The Morgan fingerprint density at radius 3 is 1.14 bits per heavy atom. The summed E-state index contributed by atoms with van der Waals surface area (Å²) in [6.45, 7) is 3.57. The summed E-state index contributed by atoms with van der Waals surface area (Å²) in [4.78, 5) is 4.11. The second-order valence-corrected chi connectivity index (χ2v) is 4.76. The van der Waals surface area contributed by atoms with E-state index in [-0.39, 0.29) is 59.1 Å². The van der Waals surface area contributed by atoms with E-state index >= 15 is 0 Å². The van der Waals surface area contributed by atoms with Crippen LogP contribution in [0.4, 0.5) is 0 Å². The normalized spacial score (nSPS) is 15.3. The Hall–Kier alpha value is 2.48. The summed E-state index contributed by atoms with van der Waals surface area (Å²) >= 11 is 18.1. The van der Waals surface area contributed by atoms with Gasteiger partial charge < -0.3 is 9.80 Å². The zero-order chi connectivity index (χ0) is 9.14. The molecule has 1 rings (SSSR count). The van der Waals surface area contributed by atoms with E-state index in [1.807, 2.05) is 0 Å². The molecule has 0 aromatic heterocycles. The van der Waals surface area contributed by atoms with Gasteiger partial charge in [0.05, 0.1) is 0 Å². The van der Waals surface area contributed by atoms with Gasteiger partial charge >= 0.3 is 0 Å². The molecule has 14 heavy (non-hydrogen) atoms. The molecule has 0 atom stereocenters. The van der Waals surface area contributed by atoms with Crippen LogP contribution < -0.4 is 0 Å². The first-order chi connectivity index (χ1) is 5.61. The van der Waals surface area contributed by atoms with Crippen molar-refractivity contribution in [1.29, 1.82) is 0 Å². The summed E-state index contributed by atoms with van der Waals surface area (Å²) in [5.74, 6) is 0. The number of rotatable bonds is 0. The average molecular weight is 284 g/mol. The van der Waals surface area contributed by atoms with E-state index in [9.17, 15) is 0 Å². The van der Waals surface area contributed by atoms with Crippen LogP contribution in [0.15, 0.2) is 0 Å². The van der Waals surface area contributed by atoms with E-state index in [4.69, 9.17) is 24.4 Å². The fourth-order valence-electron chi connectivity index (χ4n) is 1.09. The molecule has 1 saturated heterocycles. The van der Waals surface area contributed by atoms with E-state index in [1.54, 1.807) is 0 Å². The maximum atomic E-state index is 4.94. The van der Waals surface area contributed by atoms with Gasteiger partial charge in [-0.2, -0.15) is 0 Å². The van der Waals surface area contributed by atoms with Crippen LogP contribution in [0.5, 0.6) is 0 Å². The molecule has 2 nitrogen and oxygen atoms in total. The molecule has 1 aliphatic rings. The molecule has 0 aromatic carbocycles. The van der Waals surface area contributed by atoms with Crippen LogP contribution in [0.1, 0.15) is 0 Å². The van der Waals surface area contributed by atoms with Crippen molar-refractivity contribution in [2.45, 2.75) is 0 Å². The molecule has 0 saturated carbocycles. The largest absolute Gasteiger partial charge is 0.354 e. The Bertz CT molecular complexity index is 184. The van der Waals surface area contributed by atoms with Gasteiger partial charge in [-0.25, -0.2) is 0 Å². The first-order valence-corrected chi connectivity index (χ1v) is 5.28. The van der Waals surface area contributed by atoms with Gasteiger partial charge in [-0.1, -0.05) is 24.4 Å². The second kappa shape index (κ2) is 9.50. The summed E-state index contributed by atoms with van der Waals surface area (Å²) in [5, 5.41) is 0. The minimum atomic E-state index is 0. The van der Waals surface area contributed by atoms with Crippen LogP contribution >= 0.6 is 49.7 Å². The Labute approximate surface area is 151 Å². The predicted octanol–water partition coefficient (Wildman–Crippen LogP) is 0.272. The third kappa shape index (κ3) is 6.27. The monoisotopic (exact) mass is 284 g/mol. The molecule has 0 aromatic rings. The minimum Gasteiger partial charge on any atom is -0.354 e. The molecule has 70 valence electrons. The van der Waals surface area contributed by atoms with Crippen LogP contribution in [-0.2, 0) is 0 Å². The quantitative estimate of drug-likeness (QED) is 0.374. The van der Waals surface area contributed by atoms with Gasteiger partial charge in [0.25, 0.3) is 0 Å². The average Bonchev–Trinajstić information content (AvgIpc) is 2.04. The maximum Gasteiger partial charge on any atom is 0.133 e. The van der Waals surface area contributed by atoms with Crippen molar-refractivity contribution in [3.63, 3.8) is 0 Å². The summed E-state index contributed by atoms with van der Waals surface area (Å²) in [5.41, 5.74) is 0. The fraction of sp³-hybridized carbons (Fsp3) is 0.667. The molecule has 0 amide bonds. The SMILES string of the molecule is S=C(S)N1CCN(C(=S)S)CC1.[Na].[Na]. The number of thiocarbonyl (C=S) groups is 2. The first kappa shape index (κ1) is 18.8. The van der Waals surface area contributed by atoms with Gasteiger partial charge in [-0.15, -0.1) is 25.3 Å². The van der Waals surface area contributed by atoms with E-state index in [0.29, 0.717) is 8.64 Å². The Balaban J connectivity index is 0. The molecule has 0 unspecified atom stereocenters. The number of nitrogens with zero attached hydrogens (tertiary/aromatic N) is 2. The zero-order valence-corrected chi connectivity index (χ0v) is 15.9. The Kier molecular flexibility index (Phi) is 12.8. The third-order valence-electron chi connectivity index (χ3n) is 1.82. The molecule has 8 heteroatoms. The van der Waals surface area contributed by atoms with Gasteiger partial charge in [0.2, 0.25) is 0 Å². The van der Waals surface area contributed by atoms with Gasteiger partial charge in [0.15, 0.2) is 0 Å². The van der Waals surface area contributed by atoms with Gasteiger partial charge in [-0.05, 0) is 0 Å². The maximum absolute atomic E-state index is 4.94. The van der Waals surface area contributed by atoms with Crippen molar-refractivity contribution in [1.82, 2.24) is 9.80 Å². The van der Waals surface area contributed by atoms with Crippen molar-refractivity contribution in [2.24, 2.45) is 0 Å². The van der Waals surface area contributed by atoms with E-state index in [1.165, 1.54) is 0 Å². The molecule has 1 fully saturated rings. The van der Waals surface area contributed by atoms with Crippen molar-refractivity contribution in [3.05, 3.63) is 0 Å². The summed E-state index contributed by atoms with van der Waals surface area (Å²) in [6.07, 6.45) is 0. The number of hydrogen-bond acceptors (Lipinski definition) is 2. The second-order valence-electron chi connectivity index (χ2n) is 2.54. The molecule has 2 radical (unpaired) electrons. The standard InChI is InChI=1S/C6H10N2S4.2Na/c9-5(10)7-1-2-8(4-3-7)6(11)12;;/h1-4H2,(H,9,10)(H,11,12);;. The summed E-state index contributed by atoms with van der Waals surface area (Å²) in [6, 6.07) is 0. The van der Waals surface area contributed by atoms with Crippen LogP contribution in [0.2, 0.25) is 0 Å². The van der Waals surface area contributed by atoms with Crippen LogP contribution in [-0.4, -0.2) is 104 Å². The van der Waals surface area contributed by atoms with E-state index in [2.05, 4.69) is 35.1 Å². The number of piperazine rings is 1. The molecular weight excluding hydrogens is 274 g/mol. The summed E-state index contributed by atoms with van der Waals surface area (Å²) in [7, 11) is 0. The zero-order valence-electron chi connectivity index (χ0n) is 8.43. The molecule has 0 N–H and O–H groups in total. The predicted molar refractivity (Wildman–Crippen MR) is 77.8 cm³/mol. The van der Waals surface area contributed by atoms with Crippen molar-refractivity contribution in [3.8, 4) is 0 Å². The van der Waals surface area contributed by atoms with Crippen LogP contribution in [0.3, 0.4) is 0 Å². The molecular formula is C6H10N2Na2S4. The van der Waals surface area contributed by atoms with Gasteiger partial charge in [0.1, 0.15) is 8.64 Å². The third-order valence-corrected chi connectivity index (χ3v) is 2.90. The summed E-state index contributed by atoms with van der Waals surface area (Å²) < 4.78 is 1.33. The Morgan fingerprint density at radius 2 is 1.00 bits per heavy atom. The number of hydrogen-bond donors (Lipinski definition) is 2. The molecule has 0 bridgehead atoms. The smallest absolute Gasteiger partial charge is 0.133 e. The van der Waals surface area contributed by atoms with Crippen LogP contribution in [0, 0.1) is 0 Å². The van der Waals surface area contributed by atoms with Crippen molar-refractivity contribution in [2.75, 3.05) is 26.2 Å².